The van der Waals surface area contributed by atoms with Crippen LogP contribution in [0.2, 0.25) is 0 Å². The van der Waals surface area contributed by atoms with E-state index in [1.54, 1.807) is 13.3 Å². The van der Waals surface area contributed by atoms with Gasteiger partial charge < -0.3 is 15.0 Å². The molecule has 5 nitrogen and oxygen atoms in total. The number of piperidine rings is 1. The van der Waals surface area contributed by atoms with Gasteiger partial charge in [0.2, 0.25) is 11.8 Å². The first kappa shape index (κ1) is 24.0. The predicted octanol–water partition coefficient (Wildman–Crippen LogP) is 4.95. The minimum Gasteiger partial charge on any atom is -0.481 e. The Morgan fingerprint density at radius 1 is 1.06 bits per heavy atom. The van der Waals surface area contributed by atoms with E-state index in [2.05, 4.69) is 64.6 Å². The van der Waals surface area contributed by atoms with Crippen molar-refractivity contribution < 1.29 is 9.53 Å². The topological polar surface area (TPSA) is 54.5 Å². The average molecular weight is 458 g/mol. The SMILES string of the molecule is COc1ccc(C(NC(=O)C2CCN(CCCc3ccccc3)CC2)c2ccccc2C)cn1. The standard InChI is InChI=1S/C29H35N3O2/c1-22-9-6-7-13-26(22)28(25-14-15-27(34-2)30-21-25)31-29(33)24-16-19-32(20-17-24)18-8-12-23-10-4-3-5-11-23/h3-7,9-11,13-15,21,24,28H,8,12,16-20H2,1-2H3,(H,31,33). The van der Waals surface area contributed by atoms with Gasteiger partial charge in [0.1, 0.15) is 0 Å². The van der Waals surface area contributed by atoms with E-state index in [1.165, 1.54) is 5.56 Å². The van der Waals surface area contributed by atoms with Crippen LogP contribution in [-0.4, -0.2) is 42.5 Å². The van der Waals surface area contributed by atoms with Crippen molar-refractivity contribution >= 4 is 5.91 Å². The van der Waals surface area contributed by atoms with Gasteiger partial charge in [0, 0.05) is 18.2 Å². The van der Waals surface area contributed by atoms with Crippen LogP contribution in [0.5, 0.6) is 5.88 Å². The fourth-order valence-corrected chi connectivity index (χ4v) is 4.76. The van der Waals surface area contributed by atoms with Gasteiger partial charge in [-0.2, -0.15) is 0 Å². The highest BCUT2D eigenvalue weighted by Gasteiger charge is 2.28. The lowest BCUT2D eigenvalue weighted by molar-refractivity contribution is -0.127. The van der Waals surface area contributed by atoms with E-state index in [9.17, 15) is 4.79 Å². The van der Waals surface area contributed by atoms with E-state index in [0.717, 1.165) is 62.0 Å². The summed E-state index contributed by atoms with van der Waals surface area (Å²) < 4.78 is 5.21. The number of benzene rings is 2. The molecule has 0 bridgehead atoms. The molecule has 4 rings (SSSR count). The van der Waals surface area contributed by atoms with Gasteiger partial charge in [0.15, 0.2) is 0 Å². The second-order valence-corrected chi connectivity index (χ2v) is 9.14. The molecule has 2 aromatic carbocycles. The Morgan fingerprint density at radius 3 is 2.47 bits per heavy atom. The molecular weight excluding hydrogens is 422 g/mol. The molecule has 1 aliphatic rings. The molecule has 1 saturated heterocycles. The third kappa shape index (κ3) is 6.23. The molecule has 1 N–H and O–H groups in total. The smallest absolute Gasteiger partial charge is 0.223 e. The maximum atomic E-state index is 13.3. The van der Waals surface area contributed by atoms with Crippen molar-refractivity contribution in [2.24, 2.45) is 5.92 Å². The number of carbonyl (C=O) groups excluding carboxylic acids is 1. The zero-order valence-electron chi connectivity index (χ0n) is 20.2. The molecule has 5 heteroatoms. The van der Waals surface area contributed by atoms with Crippen molar-refractivity contribution in [3.8, 4) is 5.88 Å². The van der Waals surface area contributed by atoms with Crippen LogP contribution in [0, 0.1) is 12.8 Å². The van der Waals surface area contributed by atoms with Crippen LogP contribution in [0.1, 0.15) is 47.6 Å². The second-order valence-electron chi connectivity index (χ2n) is 9.14. The van der Waals surface area contributed by atoms with E-state index in [-0.39, 0.29) is 17.9 Å². The molecule has 178 valence electrons. The fourth-order valence-electron chi connectivity index (χ4n) is 4.76. The number of hydrogen-bond donors (Lipinski definition) is 1. The first-order valence-corrected chi connectivity index (χ1v) is 12.3. The summed E-state index contributed by atoms with van der Waals surface area (Å²) >= 11 is 0. The number of aryl methyl sites for hydroxylation is 2. The Hall–Kier alpha value is -3.18. The molecule has 0 radical (unpaired) electrons. The molecule has 3 aromatic rings. The Balaban J connectivity index is 1.35. The molecule has 1 amide bonds. The van der Waals surface area contributed by atoms with Crippen molar-refractivity contribution in [1.29, 1.82) is 0 Å². The number of nitrogens with zero attached hydrogens (tertiary/aromatic N) is 2. The van der Waals surface area contributed by atoms with Crippen LogP contribution in [0.3, 0.4) is 0 Å². The number of hydrogen-bond acceptors (Lipinski definition) is 4. The lowest BCUT2D eigenvalue weighted by Crippen LogP contribution is -2.42. The lowest BCUT2D eigenvalue weighted by atomic mass is 9.92. The lowest BCUT2D eigenvalue weighted by Gasteiger charge is -2.32. The monoisotopic (exact) mass is 457 g/mol. The third-order valence-corrected chi connectivity index (χ3v) is 6.83. The number of pyridine rings is 1. The average Bonchev–Trinajstić information content (AvgIpc) is 2.89. The quantitative estimate of drug-likeness (QED) is 0.494. The zero-order valence-corrected chi connectivity index (χ0v) is 20.2. The van der Waals surface area contributed by atoms with E-state index < -0.39 is 0 Å². The molecule has 0 aliphatic carbocycles. The molecular formula is C29H35N3O2. The highest BCUT2D eigenvalue weighted by Crippen LogP contribution is 2.27. The Kier molecular flexibility index (Phi) is 8.31. The van der Waals surface area contributed by atoms with E-state index in [1.807, 2.05) is 24.3 Å². The maximum absolute atomic E-state index is 13.3. The highest BCUT2D eigenvalue weighted by atomic mass is 16.5. The molecule has 1 unspecified atom stereocenters. The van der Waals surface area contributed by atoms with Gasteiger partial charge in [-0.1, -0.05) is 54.6 Å². The molecule has 1 aliphatic heterocycles. The van der Waals surface area contributed by atoms with Gasteiger partial charge in [-0.3, -0.25) is 4.79 Å². The second kappa shape index (κ2) is 11.8. The molecule has 0 spiro atoms. The predicted molar refractivity (Wildman–Crippen MR) is 136 cm³/mol. The Morgan fingerprint density at radius 2 is 1.79 bits per heavy atom. The number of carbonyl (C=O) groups is 1. The fraction of sp³-hybridized carbons (Fsp3) is 0.379. The van der Waals surface area contributed by atoms with Crippen molar-refractivity contribution in [3.05, 3.63) is 95.2 Å². The number of likely N-dealkylation sites (tertiary alicyclic amines) is 1. The zero-order chi connectivity index (χ0) is 23.8. The summed E-state index contributed by atoms with van der Waals surface area (Å²) in [5, 5.41) is 3.34. The van der Waals surface area contributed by atoms with Crippen molar-refractivity contribution in [1.82, 2.24) is 15.2 Å². The Labute approximate surface area is 203 Å². The number of ether oxygens (including phenoxy) is 1. The van der Waals surface area contributed by atoms with Gasteiger partial charge in [0.05, 0.1) is 13.2 Å². The van der Waals surface area contributed by atoms with Gasteiger partial charge in [0.25, 0.3) is 0 Å². The molecule has 1 aromatic heterocycles. The highest BCUT2D eigenvalue weighted by molar-refractivity contribution is 5.79. The molecule has 34 heavy (non-hydrogen) atoms. The van der Waals surface area contributed by atoms with E-state index in [4.69, 9.17) is 4.74 Å². The number of amides is 1. The van der Waals surface area contributed by atoms with Crippen LogP contribution >= 0.6 is 0 Å². The van der Waals surface area contributed by atoms with Crippen LogP contribution in [-0.2, 0) is 11.2 Å². The van der Waals surface area contributed by atoms with Crippen molar-refractivity contribution in [2.75, 3.05) is 26.7 Å². The molecule has 2 heterocycles. The van der Waals surface area contributed by atoms with Gasteiger partial charge >= 0.3 is 0 Å². The summed E-state index contributed by atoms with van der Waals surface area (Å²) in [6.45, 7) is 5.13. The van der Waals surface area contributed by atoms with E-state index in [0.29, 0.717) is 5.88 Å². The molecule has 1 fully saturated rings. The largest absolute Gasteiger partial charge is 0.481 e. The normalized spacial score (nSPS) is 15.6. The van der Waals surface area contributed by atoms with Crippen LogP contribution in [0.15, 0.2) is 72.9 Å². The third-order valence-electron chi connectivity index (χ3n) is 6.83. The molecule has 0 saturated carbocycles. The van der Waals surface area contributed by atoms with Crippen molar-refractivity contribution in [2.45, 2.75) is 38.6 Å². The van der Waals surface area contributed by atoms with Crippen LogP contribution in [0.4, 0.5) is 0 Å². The first-order chi connectivity index (χ1) is 16.6. The summed E-state index contributed by atoms with van der Waals surface area (Å²) in [4.78, 5) is 20.2. The first-order valence-electron chi connectivity index (χ1n) is 12.3. The van der Waals surface area contributed by atoms with Gasteiger partial charge in [-0.25, -0.2) is 4.98 Å². The number of methoxy groups -OCH3 is 1. The number of nitrogens with one attached hydrogen (secondary N) is 1. The summed E-state index contributed by atoms with van der Waals surface area (Å²) in [5.74, 6) is 0.745. The molecule has 1 atom stereocenters. The number of rotatable bonds is 9. The summed E-state index contributed by atoms with van der Waals surface area (Å²) in [5.41, 5.74) is 4.60. The van der Waals surface area contributed by atoms with E-state index >= 15 is 0 Å². The van der Waals surface area contributed by atoms with Gasteiger partial charge in [-0.05, 0) is 80.6 Å². The summed E-state index contributed by atoms with van der Waals surface area (Å²) in [6.07, 6.45) is 5.86. The number of aromatic nitrogens is 1. The van der Waals surface area contributed by atoms with Crippen molar-refractivity contribution in [3.63, 3.8) is 0 Å². The minimum absolute atomic E-state index is 0.0445. The van der Waals surface area contributed by atoms with Crippen LogP contribution < -0.4 is 10.1 Å². The van der Waals surface area contributed by atoms with Gasteiger partial charge in [-0.15, -0.1) is 0 Å². The Bertz CT molecular complexity index is 1040. The summed E-state index contributed by atoms with van der Waals surface area (Å²) in [7, 11) is 1.61. The van der Waals surface area contributed by atoms with Crippen LogP contribution in [0.25, 0.3) is 0 Å². The summed E-state index contributed by atoms with van der Waals surface area (Å²) in [6, 6.07) is 22.5. The maximum Gasteiger partial charge on any atom is 0.223 e. The minimum atomic E-state index is -0.226.